The highest BCUT2D eigenvalue weighted by atomic mass is 19.1. The molecule has 0 bridgehead atoms. The Hall–Kier alpha value is -3.29. The molecule has 164 valence electrons. The fourth-order valence-electron chi connectivity index (χ4n) is 2.75. The first-order valence-corrected chi connectivity index (χ1v) is 9.36. The molecule has 31 heavy (non-hydrogen) atoms. The van der Waals surface area contributed by atoms with Gasteiger partial charge in [-0.25, -0.2) is 14.0 Å². The lowest BCUT2D eigenvalue weighted by molar-refractivity contribution is -0.131. The molecule has 0 N–H and O–H groups in total. The first-order chi connectivity index (χ1) is 14.7. The number of rotatable bonds is 9. The minimum atomic E-state index is -0.723. The Bertz CT molecular complexity index is 1020. The van der Waals surface area contributed by atoms with Gasteiger partial charge in [-0.15, -0.1) is 0 Å². The molecule has 0 aliphatic rings. The summed E-state index contributed by atoms with van der Waals surface area (Å²) in [6, 6.07) is 7.62. The van der Waals surface area contributed by atoms with E-state index in [-0.39, 0.29) is 30.1 Å². The van der Waals surface area contributed by atoms with Crippen molar-refractivity contribution in [3.63, 3.8) is 0 Å². The molecule has 0 saturated carbocycles. The summed E-state index contributed by atoms with van der Waals surface area (Å²) < 4.78 is 35.7. The van der Waals surface area contributed by atoms with Crippen LogP contribution in [0.1, 0.15) is 25.0 Å². The molecule has 0 unspecified atom stereocenters. The minimum Gasteiger partial charge on any atom is -0.423 e. The molecule has 0 spiro atoms. The van der Waals surface area contributed by atoms with Crippen molar-refractivity contribution in [3.05, 3.63) is 71.6 Å². The Morgan fingerprint density at radius 3 is 1.94 bits per heavy atom. The second-order valence-corrected chi connectivity index (χ2v) is 6.96. The molecule has 2 aromatic rings. The zero-order valence-electron chi connectivity index (χ0n) is 18.0. The molecule has 0 fully saturated rings. The lowest BCUT2D eigenvalue weighted by atomic mass is 9.95. The normalized spacial score (nSPS) is 10.5. The number of carbonyl (C=O) groups is 2. The quantitative estimate of drug-likeness (QED) is 0.326. The first-order valence-electron chi connectivity index (χ1n) is 9.36. The number of hydrogen-bond acceptors (Lipinski definition) is 6. The van der Waals surface area contributed by atoms with Gasteiger partial charge in [0.15, 0.2) is 11.6 Å². The standard InChI is InChI=1S/C24H25FO6/c1-14(2)23(26)30-18-7-8-19(16(9-18)12-28-5)20-11-21(25)22(10-17(20)13-29-6)31-24(27)15(3)4/h7-11H,1,3,12-13H2,2,4-6H3. The summed E-state index contributed by atoms with van der Waals surface area (Å²) in [4.78, 5) is 23.6. The van der Waals surface area contributed by atoms with Crippen LogP contribution in [0, 0.1) is 5.82 Å². The molecule has 0 aliphatic heterocycles. The zero-order valence-corrected chi connectivity index (χ0v) is 18.0. The topological polar surface area (TPSA) is 71.1 Å². The van der Waals surface area contributed by atoms with Crippen molar-refractivity contribution in [2.45, 2.75) is 27.1 Å². The average molecular weight is 428 g/mol. The van der Waals surface area contributed by atoms with Crippen molar-refractivity contribution in [2.24, 2.45) is 0 Å². The third-order valence-corrected chi connectivity index (χ3v) is 4.23. The summed E-state index contributed by atoms with van der Waals surface area (Å²) in [5, 5.41) is 0. The van der Waals surface area contributed by atoms with Crippen LogP contribution >= 0.6 is 0 Å². The van der Waals surface area contributed by atoms with Gasteiger partial charge in [0.2, 0.25) is 0 Å². The average Bonchev–Trinajstić information content (AvgIpc) is 2.71. The maximum Gasteiger partial charge on any atom is 0.338 e. The molecule has 2 rings (SSSR count). The van der Waals surface area contributed by atoms with Crippen molar-refractivity contribution >= 4 is 11.9 Å². The van der Waals surface area contributed by atoms with Gasteiger partial charge in [0.1, 0.15) is 5.75 Å². The molecule has 0 saturated heterocycles. The lowest BCUT2D eigenvalue weighted by Crippen LogP contribution is -2.10. The van der Waals surface area contributed by atoms with Crippen molar-refractivity contribution in [1.82, 2.24) is 0 Å². The van der Waals surface area contributed by atoms with E-state index in [0.717, 1.165) is 0 Å². The monoisotopic (exact) mass is 428 g/mol. The Kier molecular flexibility index (Phi) is 8.24. The van der Waals surface area contributed by atoms with Gasteiger partial charge in [0.25, 0.3) is 0 Å². The number of esters is 2. The van der Waals surface area contributed by atoms with Crippen LogP contribution < -0.4 is 9.47 Å². The molecular weight excluding hydrogens is 403 g/mol. The van der Waals surface area contributed by atoms with Gasteiger partial charge < -0.3 is 18.9 Å². The SMILES string of the molecule is C=C(C)C(=O)Oc1ccc(-c2cc(F)c(OC(=O)C(=C)C)cc2COC)c(COC)c1. The number of benzene rings is 2. The highest BCUT2D eigenvalue weighted by molar-refractivity contribution is 5.89. The molecule has 0 amide bonds. The van der Waals surface area contributed by atoms with E-state index < -0.39 is 17.8 Å². The van der Waals surface area contributed by atoms with Crippen LogP contribution in [0.15, 0.2) is 54.6 Å². The third kappa shape index (κ3) is 6.10. The van der Waals surface area contributed by atoms with Crippen LogP contribution in [0.25, 0.3) is 11.1 Å². The zero-order chi connectivity index (χ0) is 23.1. The van der Waals surface area contributed by atoms with E-state index in [1.807, 2.05) is 0 Å². The van der Waals surface area contributed by atoms with Crippen LogP contribution in [0.4, 0.5) is 4.39 Å². The molecule has 0 heterocycles. The Morgan fingerprint density at radius 1 is 0.839 bits per heavy atom. The van der Waals surface area contributed by atoms with E-state index in [2.05, 4.69) is 13.2 Å². The highest BCUT2D eigenvalue weighted by Gasteiger charge is 2.18. The predicted octanol–water partition coefficient (Wildman–Crippen LogP) is 4.75. The second kappa shape index (κ2) is 10.7. The largest absolute Gasteiger partial charge is 0.423 e. The summed E-state index contributed by atoms with van der Waals surface area (Å²) in [5.41, 5.74) is 2.86. The molecule has 0 aromatic heterocycles. The number of ether oxygens (including phenoxy) is 4. The fourth-order valence-corrected chi connectivity index (χ4v) is 2.75. The summed E-state index contributed by atoms with van der Waals surface area (Å²) in [6.45, 7) is 10.4. The van der Waals surface area contributed by atoms with E-state index in [4.69, 9.17) is 18.9 Å². The maximum absolute atomic E-state index is 14.8. The summed E-state index contributed by atoms with van der Waals surface area (Å²) >= 11 is 0. The van der Waals surface area contributed by atoms with Crippen molar-refractivity contribution in [3.8, 4) is 22.6 Å². The fraction of sp³-hybridized carbons (Fsp3) is 0.250. The molecule has 2 aromatic carbocycles. The van der Waals surface area contributed by atoms with Gasteiger partial charge in [0.05, 0.1) is 13.2 Å². The predicted molar refractivity (Wildman–Crippen MR) is 114 cm³/mol. The molecule has 0 radical (unpaired) electrons. The van der Waals surface area contributed by atoms with Crippen molar-refractivity contribution < 1.29 is 32.9 Å². The molecule has 7 heteroatoms. The summed E-state index contributed by atoms with van der Waals surface area (Å²) in [7, 11) is 3.02. The van der Waals surface area contributed by atoms with Gasteiger partial charge in [-0.1, -0.05) is 19.2 Å². The van der Waals surface area contributed by atoms with E-state index in [1.165, 1.54) is 33.3 Å². The van der Waals surface area contributed by atoms with Crippen LogP contribution in [-0.2, 0) is 32.3 Å². The van der Waals surface area contributed by atoms with Crippen LogP contribution in [0.2, 0.25) is 0 Å². The van der Waals surface area contributed by atoms with E-state index >= 15 is 0 Å². The van der Waals surface area contributed by atoms with Gasteiger partial charge in [0, 0.05) is 25.4 Å². The Morgan fingerprint density at radius 2 is 1.39 bits per heavy atom. The molecular formula is C24H25FO6. The van der Waals surface area contributed by atoms with Crippen LogP contribution in [0.5, 0.6) is 11.5 Å². The van der Waals surface area contributed by atoms with Crippen molar-refractivity contribution in [2.75, 3.05) is 14.2 Å². The van der Waals surface area contributed by atoms with Gasteiger partial charge in [-0.3, -0.25) is 0 Å². The molecule has 0 atom stereocenters. The van der Waals surface area contributed by atoms with Crippen molar-refractivity contribution in [1.29, 1.82) is 0 Å². The lowest BCUT2D eigenvalue weighted by Gasteiger charge is -2.17. The third-order valence-electron chi connectivity index (χ3n) is 4.23. The van der Waals surface area contributed by atoms with Crippen LogP contribution in [-0.4, -0.2) is 26.2 Å². The van der Waals surface area contributed by atoms with Gasteiger partial charge in [-0.05, 0) is 60.4 Å². The maximum atomic E-state index is 14.8. The van der Waals surface area contributed by atoms with E-state index in [9.17, 15) is 14.0 Å². The number of carbonyl (C=O) groups excluding carboxylic acids is 2. The highest BCUT2D eigenvalue weighted by Crippen LogP contribution is 2.35. The Labute approximate surface area is 180 Å². The minimum absolute atomic E-state index is 0.145. The first kappa shape index (κ1) is 24.0. The number of halogens is 1. The molecule has 6 nitrogen and oxygen atoms in total. The second-order valence-electron chi connectivity index (χ2n) is 6.96. The smallest absolute Gasteiger partial charge is 0.338 e. The molecule has 0 aliphatic carbocycles. The number of hydrogen-bond donors (Lipinski definition) is 0. The van der Waals surface area contributed by atoms with Crippen LogP contribution in [0.3, 0.4) is 0 Å². The van der Waals surface area contributed by atoms with E-state index in [0.29, 0.717) is 28.0 Å². The van der Waals surface area contributed by atoms with E-state index in [1.54, 1.807) is 25.1 Å². The number of methoxy groups -OCH3 is 2. The summed E-state index contributed by atoms with van der Waals surface area (Å²) in [6.07, 6.45) is 0. The Balaban J connectivity index is 2.55. The summed E-state index contributed by atoms with van der Waals surface area (Å²) in [5.74, 6) is -1.90. The van der Waals surface area contributed by atoms with Gasteiger partial charge >= 0.3 is 11.9 Å². The van der Waals surface area contributed by atoms with Gasteiger partial charge in [-0.2, -0.15) is 0 Å².